The van der Waals surface area contributed by atoms with Gasteiger partial charge in [0.05, 0.1) is 30.7 Å². The third-order valence-electron chi connectivity index (χ3n) is 4.31. The van der Waals surface area contributed by atoms with Crippen molar-refractivity contribution in [1.82, 2.24) is 10.2 Å². The third kappa shape index (κ3) is 5.24. The minimum absolute atomic E-state index is 0.101. The van der Waals surface area contributed by atoms with Gasteiger partial charge in [-0.05, 0) is 49.3 Å². The normalized spacial score (nSPS) is 11.4. The van der Waals surface area contributed by atoms with Crippen molar-refractivity contribution in [3.8, 4) is 5.75 Å². The highest BCUT2D eigenvalue weighted by atomic mass is 32.1. The van der Waals surface area contributed by atoms with Crippen LogP contribution in [0.25, 0.3) is 0 Å². The van der Waals surface area contributed by atoms with Gasteiger partial charge in [0.1, 0.15) is 10.8 Å². The standard InChI is InChI=1S/C20H25N3O4S2/c1-11-15(19(25)27-6)17(29-16(11)18(24)23(3)4)22-20(28)21-12(2)13-8-7-9-14(10-13)26-5/h7-10,12H,1-6H3,(H2,21,22,28). The zero-order valence-electron chi connectivity index (χ0n) is 17.3. The summed E-state index contributed by atoms with van der Waals surface area (Å²) >= 11 is 6.60. The van der Waals surface area contributed by atoms with Crippen molar-refractivity contribution >= 4 is 45.5 Å². The quantitative estimate of drug-likeness (QED) is 0.530. The van der Waals surface area contributed by atoms with Crippen LogP contribution in [0.3, 0.4) is 0 Å². The average molecular weight is 436 g/mol. The van der Waals surface area contributed by atoms with E-state index in [0.29, 0.717) is 26.1 Å². The Bertz CT molecular complexity index is 924. The molecule has 0 fully saturated rings. The Morgan fingerprint density at radius 1 is 1.24 bits per heavy atom. The SMILES string of the molecule is COC(=O)c1c(NC(=S)NC(C)c2cccc(OC)c2)sc(C(=O)N(C)C)c1C. The Hall–Kier alpha value is -2.65. The Balaban J connectivity index is 2.25. The molecule has 2 aromatic rings. The van der Waals surface area contributed by atoms with Crippen LogP contribution in [0.5, 0.6) is 5.75 Å². The van der Waals surface area contributed by atoms with Crippen LogP contribution < -0.4 is 15.4 Å². The van der Waals surface area contributed by atoms with E-state index in [-0.39, 0.29) is 11.9 Å². The lowest BCUT2D eigenvalue weighted by atomic mass is 10.1. The topological polar surface area (TPSA) is 79.9 Å². The summed E-state index contributed by atoms with van der Waals surface area (Å²) in [7, 11) is 6.24. The number of methoxy groups -OCH3 is 2. The Morgan fingerprint density at radius 2 is 1.93 bits per heavy atom. The minimum atomic E-state index is -0.525. The molecule has 0 aliphatic carbocycles. The molecule has 2 N–H and O–H groups in total. The van der Waals surface area contributed by atoms with Crippen LogP contribution >= 0.6 is 23.6 Å². The van der Waals surface area contributed by atoms with Crippen molar-refractivity contribution in [1.29, 1.82) is 0 Å². The summed E-state index contributed by atoms with van der Waals surface area (Å²) in [6, 6.07) is 7.55. The maximum absolute atomic E-state index is 12.4. The van der Waals surface area contributed by atoms with Gasteiger partial charge in [-0.15, -0.1) is 11.3 Å². The average Bonchev–Trinajstić information content (AvgIpc) is 3.02. The van der Waals surface area contributed by atoms with Gasteiger partial charge in [0.2, 0.25) is 0 Å². The highest BCUT2D eigenvalue weighted by Gasteiger charge is 2.26. The van der Waals surface area contributed by atoms with Crippen LogP contribution in [0.15, 0.2) is 24.3 Å². The van der Waals surface area contributed by atoms with Crippen LogP contribution in [0.1, 0.15) is 44.1 Å². The molecular formula is C20H25N3O4S2. The molecule has 0 saturated heterocycles. The van der Waals surface area contributed by atoms with Gasteiger partial charge in [0.25, 0.3) is 5.91 Å². The van der Waals surface area contributed by atoms with Gasteiger partial charge in [-0.2, -0.15) is 0 Å². The molecule has 9 heteroatoms. The molecule has 0 radical (unpaired) electrons. The van der Waals surface area contributed by atoms with Crippen LogP contribution in [-0.4, -0.2) is 50.2 Å². The Morgan fingerprint density at radius 3 is 2.52 bits per heavy atom. The first-order valence-corrected chi connectivity index (χ1v) is 10.1. The number of rotatable bonds is 6. The second-order valence-corrected chi connectivity index (χ2v) is 7.98. The van der Waals surface area contributed by atoms with E-state index in [1.54, 1.807) is 28.1 Å². The maximum atomic E-state index is 12.4. The van der Waals surface area contributed by atoms with Crippen LogP contribution in [0.4, 0.5) is 5.00 Å². The molecule has 1 aromatic heterocycles. The van der Waals surface area contributed by atoms with E-state index in [0.717, 1.165) is 11.3 Å². The lowest BCUT2D eigenvalue weighted by Gasteiger charge is -2.18. The molecule has 0 bridgehead atoms. The van der Waals surface area contributed by atoms with E-state index in [4.69, 9.17) is 21.7 Å². The number of benzene rings is 1. The van der Waals surface area contributed by atoms with Gasteiger partial charge in [0, 0.05) is 14.1 Å². The fourth-order valence-electron chi connectivity index (χ4n) is 2.69. The molecule has 1 amide bonds. The molecule has 2 rings (SSSR count). The molecule has 1 atom stereocenters. The van der Waals surface area contributed by atoms with Crippen LogP contribution in [0.2, 0.25) is 0 Å². The number of ether oxygens (including phenoxy) is 2. The number of anilines is 1. The third-order valence-corrected chi connectivity index (χ3v) is 5.72. The number of amides is 1. The van der Waals surface area contributed by atoms with Crippen LogP contribution in [0, 0.1) is 6.92 Å². The number of hydrogen-bond acceptors (Lipinski definition) is 6. The number of carbonyl (C=O) groups excluding carboxylic acids is 2. The van der Waals surface area contributed by atoms with Crippen molar-refractivity contribution in [3.05, 3.63) is 45.8 Å². The molecule has 0 saturated carbocycles. The molecule has 7 nitrogen and oxygen atoms in total. The van der Waals surface area contributed by atoms with Crippen LogP contribution in [-0.2, 0) is 4.74 Å². The number of hydrogen-bond donors (Lipinski definition) is 2. The van der Waals surface area contributed by atoms with E-state index in [2.05, 4.69) is 10.6 Å². The van der Waals surface area contributed by atoms with E-state index in [1.165, 1.54) is 23.3 Å². The smallest absolute Gasteiger partial charge is 0.341 e. The highest BCUT2D eigenvalue weighted by Crippen LogP contribution is 2.34. The molecule has 1 unspecified atom stereocenters. The summed E-state index contributed by atoms with van der Waals surface area (Å²) < 4.78 is 10.1. The monoisotopic (exact) mass is 435 g/mol. The minimum Gasteiger partial charge on any atom is -0.497 e. The van der Waals surface area contributed by atoms with Gasteiger partial charge >= 0.3 is 5.97 Å². The van der Waals surface area contributed by atoms with Crippen molar-refractivity contribution in [3.63, 3.8) is 0 Å². The van der Waals surface area contributed by atoms with E-state index in [9.17, 15) is 9.59 Å². The largest absolute Gasteiger partial charge is 0.497 e. The fourth-order valence-corrected chi connectivity index (χ4v) is 4.25. The zero-order valence-corrected chi connectivity index (χ0v) is 18.9. The predicted octanol–water partition coefficient (Wildman–Crippen LogP) is 3.60. The summed E-state index contributed by atoms with van der Waals surface area (Å²) in [5, 5.41) is 7.03. The summed E-state index contributed by atoms with van der Waals surface area (Å²) in [6.07, 6.45) is 0. The second-order valence-electron chi connectivity index (χ2n) is 6.55. The number of carbonyl (C=O) groups is 2. The highest BCUT2D eigenvalue weighted by molar-refractivity contribution is 7.80. The molecule has 29 heavy (non-hydrogen) atoms. The fraction of sp³-hybridized carbons (Fsp3) is 0.350. The summed E-state index contributed by atoms with van der Waals surface area (Å²) in [4.78, 5) is 26.7. The first-order valence-electron chi connectivity index (χ1n) is 8.84. The summed E-state index contributed by atoms with van der Waals surface area (Å²) in [5.41, 5.74) is 1.86. The van der Waals surface area contributed by atoms with E-state index >= 15 is 0 Å². The van der Waals surface area contributed by atoms with E-state index in [1.807, 2.05) is 31.2 Å². The zero-order chi connectivity index (χ0) is 21.7. The Labute approximate surface area is 180 Å². The summed E-state index contributed by atoms with van der Waals surface area (Å²) in [5.74, 6) is 0.0424. The first kappa shape index (κ1) is 22.6. The number of esters is 1. The summed E-state index contributed by atoms with van der Waals surface area (Å²) in [6.45, 7) is 3.69. The molecule has 0 aliphatic heterocycles. The maximum Gasteiger partial charge on any atom is 0.341 e. The van der Waals surface area contributed by atoms with Gasteiger partial charge in [-0.25, -0.2) is 4.79 Å². The van der Waals surface area contributed by atoms with E-state index < -0.39 is 5.97 Å². The van der Waals surface area contributed by atoms with Gasteiger partial charge in [-0.1, -0.05) is 12.1 Å². The van der Waals surface area contributed by atoms with Crippen molar-refractivity contribution in [2.24, 2.45) is 0 Å². The lowest BCUT2D eigenvalue weighted by molar-refractivity contribution is 0.0601. The molecule has 1 heterocycles. The lowest BCUT2D eigenvalue weighted by Crippen LogP contribution is -2.31. The molecule has 156 valence electrons. The molecule has 0 spiro atoms. The van der Waals surface area contributed by atoms with Crippen molar-refractivity contribution in [2.45, 2.75) is 19.9 Å². The first-order chi connectivity index (χ1) is 13.7. The van der Waals surface area contributed by atoms with Crippen molar-refractivity contribution in [2.75, 3.05) is 33.6 Å². The van der Waals surface area contributed by atoms with Gasteiger partial charge in [-0.3, -0.25) is 4.79 Å². The molecule has 1 aromatic carbocycles. The van der Waals surface area contributed by atoms with Crippen molar-refractivity contribution < 1.29 is 19.1 Å². The number of thiocarbonyl (C=S) groups is 1. The number of nitrogens with zero attached hydrogens (tertiary/aromatic N) is 1. The second kappa shape index (κ2) is 9.71. The Kier molecular flexibility index (Phi) is 7.58. The number of thiophene rings is 1. The van der Waals surface area contributed by atoms with Gasteiger partial charge < -0.3 is 25.0 Å². The molecule has 0 aliphatic rings. The number of nitrogens with one attached hydrogen (secondary N) is 2. The molecular weight excluding hydrogens is 410 g/mol. The van der Waals surface area contributed by atoms with Gasteiger partial charge in [0.15, 0.2) is 5.11 Å². The predicted molar refractivity (Wildman–Crippen MR) is 119 cm³/mol.